The number of hydrogen-bond donors (Lipinski definition) is 1. The highest BCUT2D eigenvalue weighted by Crippen LogP contribution is 2.43. The van der Waals surface area contributed by atoms with Crippen molar-refractivity contribution in [2.75, 3.05) is 19.7 Å². The van der Waals surface area contributed by atoms with Gasteiger partial charge in [-0.1, -0.05) is 91.0 Å². The van der Waals surface area contributed by atoms with Crippen LogP contribution in [0.2, 0.25) is 0 Å². The number of β-amino-alcohol motifs (C(OH)–C–C–N with tert-alkyl or cyclic N) is 1. The molecule has 0 bridgehead atoms. The Morgan fingerprint density at radius 1 is 0.778 bits per heavy atom. The second-order valence-corrected chi connectivity index (χ2v) is 7.25. The summed E-state index contributed by atoms with van der Waals surface area (Å²) in [4.78, 5) is 2.34. The van der Waals surface area contributed by atoms with E-state index in [9.17, 15) is 5.11 Å². The third kappa shape index (κ3) is 3.30. The molecule has 0 aromatic heterocycles. The summed E-state index contributed by atoms with van der Waals surface area (Å²) < 4.78 is 5.61. The molecule has 0 aliphatic carbocycles. The van der Waals surface area contributed by atoms with E-state index in [0.717, 1.165) is 6.54 Å². The number of aliphatic hydroxyl groups is 1. The summed E-state index contributed by atoms with van der Waals surface area (Å²) in [5.74, 6) is -1.18. The van der Waals surface area contributed by atoms with Crippen molar-refractivity contribution in [2.45, 2.75) is 18.2 Å². The van der Waals surface area contributed by atoms with Gasteiger partial charge in [-0.2, -0.15) is 0 Å². The molecule has 1 fully saturated rings. The summed E-state index contributed by atoms with van der Waals surface area (Å²) in [6.07, 6.45) is 0. The molecule has 27 heavy (non-hydrogen) atoms. The number of ether oxygens (including phenoxy) is 1. The molecule has 1 aliphatic heterocycles. The molecule has 138 valence electrons. The van der Waals surface area contributed by atoms with Gasteiger partial charge < -0.3 is 9.84 Å². The molecule has 0 radical (unpaired) electrons. The lowest BCUT2D eigenvalue weighted by Gasteiger charge is -2.50. The SMILES string of the molecule is C[C@@]1(O)CN(C(c2ccccc2)(c2ccccc2)c2ccccc2)CCO1. The van der Waals surface area contributed by atoms with Gasteiger partial charge in [0.05, 0.1) is 18.7 Å². The van der Waals surface area contributed by atoms with Gasteiger partial charge in [0, 0.05) is 6.54 Å². The van der Waals surface area contributed by atoms with Gasteiger partial charge >= 0.3 is 0 Å². The van der Waals surface area contributed by atoms with E-state index >= 15 is 0 Å². The van der Waals surface area contributed by atoms with E-state index in [0.29, 0.717) is 13.2 Å². The van der Waals surface area contributed by atoms with Gasteiger partial charge in [0.2, 0.25) is 0 Å². The van der Waals surface area contributed by atoms with Crippen LogP contribution in [-0.4, -0.2) is 35.5 Å². The molecular weight excluding hydrogens is 334 g/mol. The molecule has 1 saturated heterocycles. The Hall–Kier alpha value is -2.46. The van der Waals surface area contributed by atoms with Crippen molar-refractivity contribution in [3.8, 4) is 0 Å². The fourth-order valence-electron chi connectivity index (χ4n) is 4.23. The molecule has 0 spiro atoms. The molecular formula is C24H25NO2. The van der Waals surface area contributed by atoms with Gasteiger partial charge in [0.25, 0.3) is 0 Å². The maximum Gasteiger partial charge on any atom is 0.175 e. The molecule has 3 aromatic carbocycles. The van der Waals surface area contributed by atoms with Gasteiger partial charge in [-0.05, 0) is 23.6 Å². The number of rotatable bonds is 4. The monoisotopic (exact) mass is 359 g/mol. The van der Waals surface area contributed by atoms with Crippen molar-refractivity contribution in [3.05, 3.63) is 108 Å². The minimum Gasteiger partial charge on any atom is -0.365 e. The van der Waals surface area contributed by atoms with Gasteiger partial charge in [0.15, 0.2) is 5.79 Å². The Balaban J connectivity index is 2.01. The molecule has 1 heterocycles. The zero-order valence-electron chi connectivity index (χ0n) is 15.6. The summed E-state index contributed by atoms with van der Waals surface area (Å²) in [6.45, 7) is 3.38. The van der Waals surface area contributed by atoms with E-state index in [2.05, 4.69) is 77.7 Å². The van der Waals surface area contributed by atoms with Crippen LogP contribution in [0.1, 0.15) is 23.6 Å². The molecule has 3 nitrogen and oxygen atoms in total. The summed E-state index contributed by atoms with van der Waals surface area (Å²) in [5, 5.41) is 10.7. The first-order valence-electron chi connectivity index (χ1n) is 9.41. The normalized spacial score (nSPS) is 21.1. The van der Waals surface area contributed by atoms with Gasteiger partial charge in [-0.15, -0.1) is 0 Å². The quantitative estimate of drug-likeness (QED) is 0.714. The van der Waals surface area contributed by atoms with Gasteiger partial charge in [0.1, 0.15) is 0 Å². The average molecular weight is 359 g/mol. The van der Waals surface area contributed by atoms with E-state index in [4.69, 9.17) is 4.74 Å². The van der Waals surface area contributed by atoms with Crippen LogP contribution in [0.5, 0.6) is 0 Å². The van der Waals surface area contributed by atoms with Crippen LogP contribution in [-0.2, 0) is 10.3 Å². The summed E-state index contributed by atoms with van der Waals surface area (Å²) in [5.41, 5.74) is 3.04. The standard InChI is InChI=1S/C24H25NO2/c1-23(26)19-25(17-18-27-23)24(20-11-5-2-6-12-20,21-13-7-3-8-14-21)22-15-9-4-10-16-22/h2-16,26H,17-19H2,1H3/t23-/m0/s1. The number of nitrogens with zero attached hydrogens (tertiary/aromatic N) is 1. The first-order chi connectivity index (χ1) is 13.1. The molecule has 4 rings (SSSR count). The molecule has 3 aromatic rings. The Bertz CT molecular complexity index is 766. The van der Waals surface area contributed by atoms with Crippen LogP contribution in [0.3, 0.4) is 0 Å². The first-order valence-corrected chi connectivity index (χ1v) is 9.41. The van der Waals surface area contributed by atoms with E-state index in [1.54, 1.807) is 6.92 Å². The second kappa shape index (κ2) is 7.28. The molecule has 0 unspecified atom stereocenters. The second-order valence-electron chi connectivity index (χ2n) is 7.25. The Morgan fingerprint density at radius 3 is 1.56 bits per heavy atom. The Labute approximate surface area is 160 Å². The summed E-state index contributed by atoms with van der Waals surface area (Å²) in [7, 11) is 0. The zero-order valence-corrected chi connectivity index (χ0v) is 15.6. The maximum atomic E-state index is 10.7. The molecule has 0 amide bonds. The van der Waals surface area contributed by atoms with Crippen LogP contribution in [0.15, 0.2) is 91.0 Å². The highest BCUT2D eigenvalue weighted by Gasteiger charge is 2.46. The smallest absolute Gasteiger partial charge is 0.175 e. The highest BCUT2D eigenvalue weighted by atomic mass is 16.6. The minimum atomic E-state index is -1.18. The summed E-state index contributed by atoms with van der Waals surface area (Å²) in [6, 6.07) is 31.6. The van der Waals surface area contributed by atoms with Crippen LogP contribution in [0.4, 0.5) is 0 Å². The Morgan fingerprint density at radius 2 is 1.19 bits per heavy atom. The van der Waals surface area contributed by atoms with Crippen molar-refractivity contribution >= 4 is 0 Å². The maximum absolute atomic E-state index is 10.7. The van der Waals surface area contributed by atoms with Crippen LogP contribution in [0, 0.1) is 0 Å². The highest BCUT2D eigenvalue weighted by molar-refractivity contribution is 5.49. The summed E-state index contributed by atoms with van der Waals surface area (Å²) >= 11 is 0. The lowest BCUT2D eigenvalue weighted by molar-refractivity contribution is -0.235. The number of morpholine rings is 1. The molecule has 1 atom stereocenters. The third-order valence-corrected chi connectivity index (χ3v) is 5.31. The van der Waals surface area contributed by atoms with Crippen LogP contribution >= 0.6 is 0 Å². The number of benzene rings is 3. The van der Waals surface area contributed by atoms with Crippen molar-refractivity contribution in [1.29, 1.82) is 0 Å². The zero-order chi connectivity index (χ0) is 18.7. The minimum absolute atomic E-state index is 0.422. The first kappa shape index (κ1) is 17.9. The third-order valence-electron chi connectivity index (χ3n) is 5.31. The van der Waals surface area contributed by atoms with Crippen LogP contribution < -0.4 is 0 Å². The van der Waals surface area contributed by atoms with Gasteiger partial charge in [-0.25, -0.2) is 0 Å². The fraction of sp³-hybridized carbons (Fsp3) is 0.250. The van der Waals surface area contributed by atoms with E-state index in [1.165, 1.54) is 16.7 Å². The largest absolute Gasteiger partial charge is 0.365 e. The lowest BCUT2D eigenvalue weighted by atomic mass is 9.75. The molecule has 3 heteroatoms. The number of hydrogen-bond acceptors (Lipinski definition) is 3. The van der Waals surface area contributed by atoms with Crippen molar-refractivity contribution in [2.24, 2.45) is 0 Å². The van der Waals surface area contributed by atoms with E-state index in [-0.39, 0.29) is 0 Å². The molecule has 1 N–H and O–H groups in total. The lowest BCUT2D eigenvalue weighted by Crippen LogP contribution is -2.59. The van der Waals surface area contributed by atoms with Gasteiger partial charge in [-0.3, -0.25) is 4.90 Å². The molecule has 0 saturated carbocycles. The predicted octanol–water partition coefficient (Wildman–Crippen LogP) is 4.02. The van der Waals surface area contributed by atoms with Crippen molar-refractivity contribution in [3.63, 3.8) is 0 Å². The van der Waals surface area contributed by atoms with Crippen molar-refractivity contribution < 1.29 is 9.84 Å². The average Bonchev–Trinajstić information content (AvgIpc) is 2.70. The fourth-order valence-corrected chi connectivity index (χ4v) is 4.23. The van der Waals surface area contributed by atoms with Crippen LogP contribution in [0.25, 0.3) is 0 Å². The molecule has 1 aliphatic rings. The van der Waals surface area contributed by atoms with Crippen molar-refractivity contribution in [1.82, 2.24) is 4.90 Å². The predicted molar refractivity (Wildman–Crippen MR) is 107 cm³/mol. The van der Waals surface area contributed by atoms with E-state index in [1.807, 2.05) is 18.2 Å². The topological polar surface area (TPSA) is 32.7 Å². The Kier molecular flexibility index (Phi) is 4.83. The van der Waals surface area contributed by atoms with E-state index < -0.39 is 11.3 Å².